The van der Waals surface area contributed by atoms with Crippen LogP contribution < -0.4 is 5.32 Å². The molecular weight excluding hydrogens is 284 g/mol. The Morgan fingerprint density at radius 3 is 2.26 bits per heavy atom. The van der Waals surface area contributed by atoms with E-state index in [1.165, 1.54) is 11.1 Å². The fraction of sp³-hybridized carbons (Fsp3) is 0.200. The highest BCUT2D eigenvalue weighted by atomic mass is 16.3. The van der Waals surface area contributed by atoms with Gasteiger partial charge in [0.05, 0.1) is 12.6 Å². The van der Waals surface area contributed by atoms with Gasteiger partial charge >= 0.3 is 0 Å². The van der Waals surface area contributed by atoms with Crippen LogP contribution in [-0.2, 0) is 13.1 Å². The predicted octanol–water partition coefficient (Wildman–Crippen LogP) is 3.36. The number of hydrogen-bond donors (Lipinski definition) is 2. The van der Waals surface area contributed by atoms with Crippen LogP contribution in [0.2, 0.25) is 0 Å². The molecule has 1 heterocycles. The molecule has 3 nitrogen and oxygen atoms in total. The Labute approximate surface area is 137 Å². The number of benzene rings is 2. The van der Waals surface area contributed by atoms with Gasteiger partial charge in [-0.2, -0.15) is 0 Å². The first kappa shape index (κ1) is 15.5. The van der Waals surface area contributed by atoms with Crippen molar-refractivity contribution in [1.29, 1.82) is 0 Å². The Kier molecular flexibility index (Phi) is 5.25. The minimum absolute atomic E-state index is 0.0336. The third kappa shape index (κ3) is 4.31. The molecule has 0 saturated heterocycles. The van der Waals surface area contributed by atoms with Crippen molar-refractivity contribution < 1.29 is 5.11 Å². The zero-order chi connectivity index (χ0) is 15.9. The quantitative estimate of drug-likeness (QED) is 0.702. The number of aliphatic hydroxyl groups is 1. The highest BCUT2D eigenvalue weighted by molar-refractivity contribution is 5.20. The van der Waals surface area contributed by atoms with Gasteiger partial charge in [-0.15, -0.1) is 0 Å². The maximum atomic E-state index is 9.59. The van der Waals surface area contributed by atoms with E-state index >= 15 is 0 Å². The first-order valence-electron chi connectivity index (χ1n) is 7.93. The lowest BCUT2D eigenvalue weighted by Gasteiger charge is -2.16. The van der Waals surface area contributed by atoms with Crippen LogP contribution in [0, 0.1) is 0 Å². The summed E-state index contributed by atoms with van der Waals surface area (Å²) >= 11 is 0. The summed E-state index contributed by atoms with van der Waals surface area (Å²) in [7, 11) is 0. The van der Waals surface area contributed by atoms with Crippen molar-refractivity contribution in [3.63, 3.8) is 0 Å². The number of hydrogen-bond acceptors (Lipinski definition) is 2. The zero-order valence-electron chi connectivity index (χ0n) is 13.1. The third-order valence-electron chi connectivity index (χ3n) is 3.96. The molecule has 1 aromatic heterocycles. The van der Waals surface area contributed by atoms with Gasteiger partial charge < -0.3 is 15.0 Å². The second-order valence-electron chi connectivity index (χ2n) is 5.70. The van der Waals surface area contributed by atoms with E-state index < -0.39 is 0 Å². The van der Waals surface area contributed by atoms with Gasteiger partial charge in [0.1, 0.15) is 0 Å². The molecule has 1 unspecified atom stereocenters. The fourth-order valence-electron chi connectivity index (χ4n) is 2.70. The monoisotopic (exact) mass is 306 g/mol. The van der Waals surface area contributed by atoms with Gasteiger partial charge in [0.15, 0.2) is 0 Å². The van der Waals surface area contributed by atoms with Gasteiger partial charge in [-0.25, -0.2) is 0 Å². The molecule has 0 fully saturated rings. The second kappa shape index (κ2) is 7.77. The van der Waals surface area contributed by atoms with E-state index in [-0.39, 0.29) is 12.6 Å². The predicted molar refractivity (Wildman–Crippen MR) is 93.1 cm³/mol. The fourth-order valence-corrected chi connectivity index (χ4v) is 2.70. The van der Waals surface area contributed by atoms with Crippen LogP contribution in [0.3, 0.4) is 0 Å². The molecule has 3 aromatic rings. The number of nitrogens with one attached hydrogen (secondary N) is 1. The zero-order valence-corrected chi connectivity index (χ0v) is 13.1. The highest BCUT2D eigenvalue weighted by Crippen LogP contribution is 2.13. The van der Waals surface area contributed by atoms with E-state index in [0.717, 1.165) is 18.7 Å². The largest absolute Gasteiger partial charge is 0.394 e. The minimum atomic E-state index is -0.0336. The summed E-state index contributed by atoms with van der Waals surface area (Å²) in [6.45, 7) is 1.71. The lowest BCUT2D eigenvalue weighted by Crippen LogP contribution is -2.23. The van der Waals surface area contributed by atoms with Gasteiger partial charge in [-0.3, -0.25) is 0 Å². The number of aliphatic hydroxyl groups excluding tert-OH is 1. The van der Waals surface area contributed by atoms with Crippen molar-refractivity contribution >= 4 is 0 Å². The maximum Gasteiger partial charge on any atom is 0.0626 e. The number of nitrogens with zero attached hydrogens (tertiary/aromatic N) is 1. The smallest absolute Gasteiger partial charge is 0.0626 e. The molecule has 0 spiro atoms. The summed E-state index contributed by atoms with van der Waals surface area (Å²) < 4.78 is 2.18. The van der Waals surface area contributed by atoms with Crippen LogP contribution in [0.25, 0.3) is 0 Å². The third-order valence-corrected chi connectivity index (χ3v) is 3.96. The summed E-state index contributed by atoms with van der Waals surface area (Å²) in [6.07, 6.45) is 4.25. The lowest BCUT2D eigenvalue weighted by atomic mass is 10.1. The van der Waals surface area contributed by atoms with Crippen LogP contribution in [0.1, 0.15) is 22.7 Å². The van der Waals surface area contributed by atoms with Crippen LogP contribution in [0.5, 0.6) is 0 Å². The van der Waals surface area contributed by atoms with Gasteiger partial charge in [0, 0.05) is 25.5 Å². The molecule has 0 saturated carbocycles. The normalized spacial score (nSPS) is 12.2. The molecule has 0 bridgehead atoms. The van der Waals surface area contributed by atoms with Crippen molar-refractivity contribution in [2.24, 2.45) is 0 Å². The molecule has 2 N–H and O–H groups in total. The number of aromatic nitrogens is 1. The van der Waals surface area contributed by atoms with Gasteiger partial charge in [-0.05, 0) is 22.8 Å². The van der Waals surface area contributed by atoms with Gasteiger partial charge in [0.2, 0.25) is 0 Å². The first-order valence-corrected chi connectivity index (χ1v) is 7.93. The molecule has 0 aliphatic carbocycles. The number of rotatable bonds is 7. The van der Waals surface area contributed by atoms with Crippen molar-refractivity contribution in [3.05, 3.63) is 95.8 Å². The van der Waals surface area contributed by atoms with E-state index in [0.29, 0.717) is 0 Å². The molecule has 0 amide bonds. The van der Waals surface area contributed by atoms with E-state index in [1.54, 1.807) is 0 Å². The average Bonchev–Trinajstić information content (AvgIpc) is 3.05. The molecule has 3 rings (SSSR count). The van der Waals surface area contributed by atoms with Crippen LogP contribution in [-0.4, -0.2) is 16.3 Å². The second-order valence-corrected chi connectivity index (χ2v) is 5.70. The molecule has 0 radical (unpaired) electrons. The molecule has 1 atom stereocenters. The Balaban J connectivity index is 1.58. The maximum absolute atomic E-state index is 9.59. The Morgan fingerprint density at radius 1 is 0.870 bits per heavy atom. The van der Waals surface area contributed by atoms with E-state index in [4.69, 9.17) is 0 Å². The molecule has 0 aliphatic rings. The van der Waals surface area contributed by atoms with E-state index in [9.17, 15) is 5.11 Å². The molecule has 23 heavy (non-hydrogen) atoms. The highest BCUT2D eigenvalue weighted by Gasteiger charge is 2.09. The summed E-state index contributed by atoms with van der Waals surface area (Å²) in [6, 6.07) is 22.6. The lowest BCUT2D eigenvalue weighted by molar-refractivity contribution is 0.243. The van der Waals surface area contributed by atoms with Gasteiger partial charge in [-0.1, -0.05) is 60.7 Å². The Morgan fingerprint density at radius 2 is 1.57 bits per heavy atom. The Hall–Kier alpha value is -2.36. The van der Waals surface area contributed by atoms with Crippen LogP contribution >= 0.6 is 0 Å². The van der Waals surface area contributed by atoms with Crippen molar-refractivity contribution in [2.45, 2.75) is 19.1 Å². The van der Waals surface area contributed by atoms with Crippen molar-refractivity contribution in [1.82, 2.24) is 9.88 Å². The summed E-state index contributed by atoms with van der Waals surface area (Å²) in [4.78, 5) is 0. The van der Waals surface area contributed by atoms with E-state index in [1.807, 2.05) is 36.4 Å². The molecule has 3 heteroatoms. The van der Waals surface area contributed by atoms with Crippen molar-refractivity contribution in [3.8, 4) is 0 Å². The summed E-state index contributed by atoms with van der Waals surface area (Å²) in [5.41, 5.74) is 3.62. The standard InChI is InChI=1S/C20H22N2O/c23-16-20(19-9-5-2-6-10-19)21-13-18-11-12-22(15-18)14-17-7-3-1-4-8-17/h1-12,15,20-21,23H,13-14,16H2. The van der Waals surface area contributed by atoms with Crippen molar-refractivity contribution in [2.75, 3.05) is 6.61 Å². The SMILES string of the molecule is OCC(NCc1ccn(Cc2ccccc2)c1)c1ccccc1. The molecular formula is C20H22N2O. The summed E-state index contributed by atoms with van der Waals surface area (Å²) in [5.74, 6) is 0. The molecule has 118 valence electrons. The minimum Gasteiger partial charge on any atom is -0.394 e. The summed E-state index contributed by atoms with van der Waals surface area (Å²) in [5, 5.41) is 13.0. The molecule has 0 aliphatic heterocycles. The average molecular weight is 306 g/mol. The molecule has 2 aromatic carbocycles. The van der Waals surface area contributed by atoms with Crippen LogP contribution in [0.4, 0.5) is 0 Å². The van der Waals surface area contributed by atoms with Gasteiger partial charge in [0.25, 0.3) is 0 Å². The van der Waals surface area contributed by atoms with Crippen LogP contribution in [0.15, 0.2) is 79.1 Å². The first-order chi connectivity index (χ1) is 11.3. The topological polar surface area (TPSA) is 37.2 Å². The Bertz CT molecular complexity index is 707. The van der Waals surface area contributed by atoms with E-state index in [2.05, 4.69) is 52.6 Å².